The second-order valence-corrected chi connectivity index (χ2v) is 2.89. The molecule has 0 aromatic heterocycles. The first-order chi connectivity index (χ1) is 2.41. The van der Waals surface area contributed by atoms with Gasteiger partial charge in [0.1, 0.15) is 0 Å². The monoisotopic (exact) mass is 85.1 g/mol. The summed E-state index contributed by atoms with van der Waals surface area (Å²) in [4.78, 5) is 0. The van der Waals surface area contributed by atoms with E-state index in [0.29, 0.717) is 6.15 Å². The third-order valence-corrected chi connectivity index (χ3v) is 2.21. The molecule has 0 amide bonds. The maximum Gasteiger partial charge on any atom is -0.0140 e. The summed E-state index contributed by atoms with van der Waals surface area (Å²) in [5, 5.41) is 0. The minimum Gasteiger partial charge on any atom is -0.369 e. The Kier molecular flexibility index (Phi) is 0.566. The van der Waals surface area contributed by atoms with E-state index < -0.39 is 0 Å². The molecule has 0 atom stereocenters. The summed E-state index contributed by atoms with van der Waals surface area (Å²) >= 11 is 0. The van der Waals surface area contributed by atoms with Crippen LogP contribution in [0.15, 0.2) is 0 Å². The van der Waals surface area contributed by atoms with Gasteiger partial charge >= 0.3 is 0 Å². The molecule has 2 saturated heterocycles. The molecular formula is C4H12BN. The SMILES string of the molecule is C1C[B-]12CC2.[NH4+]. The van der Waals surface area contributed by atoms with Crippen molar-refractivity contribution in [1.82, 2.24) is 6.15 Å². The molecule has 2 rings (SSSR count). The number of hydrogen-bond donors (Lipinski definition) is 1. The van der Waals surface area contributed by atoms with Gasteiger partial charge in [-0.1, -0.05) is 0 Å². The lowest BCUT2D eigenvalue weighted by Gasteiger charge is -1.65. The summed E-state index contributed by atoms with van der Waals surface area (Å²) in [5.41, 5.74) is 0. The highest BCUT2D eigenvalue weighted by Crippen LogP contribution is 2.57. The summed E-state index contributed by atoms with van der Waals surface area (Å²) in [6, 6.07) is 0. The zero-order chi connectivity index (χ0) is 3.33. The Morgan fingerprint density at radius 1 is 0.833 bits per heavy atom. The summed E-state index contributed by atoms with van der Waals surface area (Å²) < 4.78 is 0. The molecule has 2 aliphatic heterocycles. The van der Waals surface area contributed by atoms with Crippen LogP contribution in [0.25, 0.3) is 0 Å². The van der Waals surface area contributed by atoms with Crippen molar-refractivity contribution in [2.45, 2.75) is 25.3 Å². The highest BCUT2D eigenvalue weighted by Gasteiger charge is 2.43. The molecule has 0 saturated carbocycles. The Hall–Kier alpha value is 0.0249. The Morgan fingerprint density at radius 3 is 1.17 bits per heavy atom. The quantitative estimate of drug-likeness (QED) is 0.435. The van der Waals surface area contributed by atoms with Crippen LogP contribution in [0.4, 0.5) is 0 Å². The predicted octanol–water partition coefficient (Wildman–Crippen LogP) is 1.84. The van der Waals surface area contributed by atoms with E-state index >= 15 is 0 Å². The second-order valence-electron chi connectivity index (χ2n) is 2.89. The first kappa shape index (κ1) is 4.19. The van der Waals surface area contributed by atoms with Crippen molar-refractivity contribution >= 4 is 6.15 Å². The van der Waals surface area contributed by atoms with Crippen LogP contribution in [-0.2, 0) is 0 Å². The maximum absolute atomic E-state index is 1.62. The molecule has 2 fully saturated rings. The fraction of sp³-hybridized carbons (Fsp3) is 1.00. The molecule has 6 heavy (non-hydrogen) atoms. The number of rotatable bonds is 0. The van der Waals surface area contributed by atoms with Crippen molar-refractivity contribution in [3.05, 3.63) is 0 Å². The fourth-order valence-corrected chi connectivity index (χ4v) is 1.05. The zero-order valence-corrected chi connectivity index (χ0v) is 4.41. The largest absolute Gasteiger partial charge is 0.369 e. The van der Waals surface area contributed by atoms with Gasteiger partial charge in [0.05, 0.1) is 0 Å². The number of hydrogen-bond acceptors (Lipinski definition) is 0. The molecule has 0 unspecified atom stereocenters. The Labute approximate surface area is 38.6 Å². The topological polar surface area (TPSA) is 36.5 Å². The predicted molar refractivity (Wildman–Crippen MR) is 31.0 cm³/mol. The Bertz CT molecular complexity index is 50.4. The van der Waals surface area contributed by atoms with Crippen molar-refractivity contribution in [2.24, 2.45) is 0 Å². The highest BCUT2D eigenvalue weighted by atomic mass is 14.2. The van der Waals surface area contributed by atoms with Crippen LogP contribution in [0, 0.1) is 0 Å². The summed E-state index contributed by atoms with van der Waals surface area (Å²) in [5.74, 6) is 0. The molecule has 2 heteroatoms. The molecule has 1 nitrogen and oxygen atoms in total. The Balaban J connectivity index is 0.000000180. The van der Waals surface area contributed by atoms with Gasteiger partial charge in [0.2, 0.25) is 0 Å². The first-order valence-corrected chi connectivity index (χ1v) is 2.63. The molecule has 0 bridgehead atoms. The molecule has 2 heterocycles. The number of quaternary nitrogens is 1. The van der Waals surface area contributed by atoms with E-state index in [1.165, 1.54) is 0 Å². The average molecular weight is 85.0 g/mol. The zero-order valence-electron chi connectivity index (χ0n) is 4.41. The first-order valence-electron chi connectivity index (χ1n) is 2.63. The van der Waals surface area contributed by atoms with Crippen molar-refractivity contribution in [2.75, 3.05) is 0 Å². The molecular weight excluding hydrogens is 72.9 g/mol. The van der Waals surface area contributed by atoms with E-state index in [1.807, 2.05) is 0 Å². The van der Waals surface area contributed by atoms with Gasteiger partial charge in [-0.15, -0.1) is 0 Å². The molecule has 0 aliphatic carbocycles. The molecule has 0 aromatic carbocycles. The van der Waals surface area contributed by atoms with E-state index in [2.05, 4.69) is 0 Å². The molecule has 4 N–H and O–H groups in total. The molecule has 2 aliphatic rings. The van der Waals surface area contributed by atoms with Gasteiger partial charge in [0.25, 0.3) is 0 Å². The van der Waals surface area contributed by atoms with Crippen LogP contribution in [0.5, 0.6) is 0 Å². The normalized spacial score (nSPS) is 32.0. The van der Waals surface area contributed by atoms with E-state index in [1.54, 1.807) is 25.3 Å². The van der Waals surface area contributed by atoms with Gasteiger partial charge in [0.15, 0.2) is 0 Å². The van der Waals surface area contributed by atoms with Gasteiger partial charge in [-0.25, -0.2) is 25.3 Å². The lowest BCUT2D eigenvalue weighted by molar-refractivity contribution is 1.69. The lowest BCUT2D eigenvalue weighted by Crippen LogP contribution is -1.74. The third-order valence-electron chi connectivity index (χ3n) is 2.21. The third kappa shape index (κ3) is 0.366. The highest BCUT2D eigenvalue weighted by molar-refractivity contribution is 6.97. The maximum atomic E-state index is 1.62. The Morgan fingerprint density at radius 2 is 1.17 bits per heavy atom. The van der Waals surface area contributed by atoms with Gasteiger partial charge in [-0.2, -0.15) is 0 Å². The minimum atomic E-state index is 0. The van der Waals surface area contributed by atoms with Crippen LogP contribution in [-0.4, -0.2) is 6.15 Å². The van der Waals surface area contributed by atoms with Crippen LogP contribution >= 0.6 is 0 Å². The van der Waals surface area contributed by atoms with Gasteiger partial charge in [0, 0.05) is 0 Å². The van der Waals surface area contributed by atoms with Gasteiger partial charge in [-0.3, -0.25) is 0 Å². The van der Waals surface area contributed by atoms with E-state index in [9.17, 15) is 0 Å². The lowest BCUT2D eigenvalue weighted by atomic mass is 9.63. The van der Waals surface area contributed by atoms with Crippen LogP contribution < -0.4 is 6.15 Å². The summed E-state index contributed by atoms with van der Waals surface area (Å²) in [7, 11) is 0. The molecule has 36 valence electrons. The van der Waals surface area contributed by atoms with E-state index in [0.717, 1.165) is 0 Å². The van der Waals surface area contributed by atoms with E-state index in [-0.39, 0.29) is 6.15 Å². The molecule has 1 spiro atoms. The van der Waals surface area contributed by atoms with Crippen LogP contribution in [0.1, 0.15) is 0 Å². The summed E-state index contributed by atoms with van der Waals surface area (Å²) in [6.07, 6.45) is 7.00. The standard InChI is InChI=1S/C4H8B.H3N/c1-2-5(1)3-4-5;/h1-4H2;1H3/q-1;/p+1. The fourth-order valence-electron chi connectivity index (χ4n) is 1.05. The molecule has 0 radical (unpaired) electrons. The smallest absolute Gasteiger partial charge is 0.0140 e. The van der Waals surface area contributed by atoms with E-state index in [4.69, 9.17) is 0 Å². The van der Waals surface area contributed by atoms with Crippen molar-refractivity contribution in [1.29, 1.82) is 0 Å². The molecule has 0 aromatic rings. The van der Waals surface area contributed by atoms with Gasteiger partial charge in [-0.05, 0) is 6.15 Å². The van der Waals surface area contributed by atoms with Crippen molar-refractivity contribution < 1.29 is 0 Å². The van der Waals surface area contributed by atoms with Crippen molar-refractivity contribution in [3.8, 4) is 0 Å². The van der Waals surface area contributed by atoms with Crippen molar-refractivity contribution in [3.63, 3.8) is 0 Å². The average Bonchev–Trinajstić information content (AvgIpc) is 2.17. The minimum absolute atomic E-state index is 0. The summed E-state index contributed by atoms with van der Waals surface area (Å²) in [6.45, 7) is 0. The van der Waals surface area contributed by atoms with Gasteiger partial charge < -0.3 is 6.15 Å². The van der Waals surface area contributed by atoms with Crippen LogP contribution in [0.2, 0.25) is 25.3 Å². The van der Waals surface area contributed by atoms with Crippen LogP contribution in [0.3, 0.4) is 0 Å². The second kappa shape index (κ2) is 0.810.